The molecule has 4 nitrogen and oxygen atoms in total. The summed E-state index contributed by atoms with van der Waals surface area (Å²) in [4.78, 5) is 12.3. The summed E-state index contributed by atoms with van der Waals surface area (Å²) in [6, 6.07) is 7.90. The molecule has 1 aliphatic carbocycles. The monoisotopic (exact) mass is 326 g/mol. The van der Waals surface area contributed by atoms with Gasteiger partial charge in [0.2, 0.25) is 5.91 Å². The molecule has 0 aliphatic heterocycles. The van der Waals surface area contributed by atoms with Gasteiger partial charge in [0.25, 0.3) is 0 Å². The minimum absolute atomic E-state index is 0. The van der Waals surface area contributed by atoms with Crippen molar-refractivity contribution in [2.75, 3.05) is 13.7 Å². The Bertz CT molecular complexity index is 487. The molecule has 22 heavy (non-hydrogen) atoms. The summed E-state index contributed by atoms with van der Waals surface area (Å²) >= 11 is 0. The molecule has 1 amide bonds. The van der Waals surface area contributed by atoms with E-state index in [1.165, 1.54) is 0 Å². The number of hydrogen-bond donors (Lipinski definition) is 2. The molecule has 0 saturated heterocycles. The summed E-state index contributed by atoms with van der Waals surface area (Å²) in [5.41, 5.74) is 6.83. The number of carbonyl (C=O) groups is 1. The molecule has 2 rings (SSSR count). The Balaban J connectivity index is 0.00000242. The van der Waals surface area contributed by atoms with Crippen LogP contribution in [0.5, 0.6) is 5.75 Å². The quantitative estimate of drug-likeness (QED) is 0.844. The number of carbonyl (C=O) groups excluding carboxylic acids is 1. The minimum atomic E-state index is -0.162. The first-order valence-electron chi connectivity index (χ1n) is 7.73. The molecular weight excluding hydrogens is 300 g/mol. The van der Waals surface area contributed by atoms with Crippen molar-refractivity contribution in [1.82, 2.24) is 5.32 Å². The van der Waals surface area contributed by atoms with E-state index in [9.17, 15) is 4.79 Å². The van der Waals surface area contributed by atoms with Gasteiger partial charge >= 0.3 is 0 Å². The number of amides is 1. The lowest BCUT2D eigenvalue weighted by Crippen LogP contribution is -2.51. The molecule has 0 aromatic heterocycles. The Morgan fingerprint density at radius 1 is 1.41 bits per heavy atom. The van der Waals surface area contributed by atoms with E-state index in [-0.39, 0.29) is 29.8 Å². The van der Waals surface area contributed by atoms with Gasteiger partial charge in [-0.2, -0.15) is 0 Å². The van der Waals surface area contributed by atoms with E-state index in [0.717, 1.165) is 37.0 Å². The largest absolute Gasteiger partial charge is 0.497 e. The summed E-state index contributed by atoms with van der Waals surface area (Å²) in [6.45, 7) is 2.60. The Hall–Kier alpha value is -1.26. The Kier molecular flexibility index (Phi) is 7.17. The maximum atomic E-state index is 12.3. The number of nitrogens with one attached hydrogen (secondary N) is 1. The van der Waals surface area contributed by atoms with Crippen LogP contribution in [0.1, 0.15) is 50.5 Å². The molecule has 5 heteroatoms. The first-order chi connectivity index (χ1) is 10.1. The Labute approximate surface area is 139 Å². The van der Waals surface area contributed by atoms with Gasteiger partial charge in [-0.15, -0.1) is 12.4 Å². The minimum Gasteiger partial charge on any atom is -0.497 e. The van der Waals surface area contributed by atoms with Crippen LogP contribution in [0, 0.1) is 0 Å². The van der Waals surface area contributed by atoms with E-state index in [2.05, 4.69) is 12.2 Å². The van der Waals surface area contributed by atoms with E-state index in [4.69, 9.17) is 10.5 Å². The fourth-order valence-corrected chi connectivity index (χ4v) is 3.12. The number of ether oxygens (including phenoxy) is 1. The fourth-order valence-electron chi connectivity index (χ4n) is 3.12. The average molecular weight is 327 g/mol. The van der Waals surface area contributed by atoms with Crippen molar-refractivity contribution in [3.8, 4) is 5.75 Å². The van der Waals surface area contributed by atoms with E-state index in [1.54, 1.807) is 7.11 Å². The molecule has 1 aromatic carbocycles. The van der Waals surface area contributed by atoms with Gasteiger partial charge in [-0.05, 0) is 36.5 Å². The predicted molar refractivity (Wildman–Crippen MR) is 91.7 cm³/mol. The third kappa shape index (κ3) is 4.62. The molecule has 1 saturated carbocycles. The van der Waals surface area contributed by atoms with E-state index >= 15 is 0 Å². The lowest BCUT2D eigenvalue weighted by atomic mass is 9.94. The molecule has 124 valence electrons. The molecule has 1 atom stereocenters. The number of halogens is 1. The van der Waals surface area contributed by atoms with Crippen molar-refractivity contribution in [1.29, 1.82) is 0 Å². The second-order valence-corrected chi connectivity index (χ2v) is 6.12. The normalized spacial score (nSPS) is 17.4. The Morgan fingerprint density at radius 2 is 2.09 bits per heavy atom. The number of methoxy groups -OCH3 is 1. The number of benzene rings is 1. The highest BCUT2D eigenvalue weighted by atomic mass is 35.5. The van der Waals surface area contributed by atoms with Gasteiger partial charge in [-0.3, -0.25) is 4.79 Å². The van der Waals surface area contributed by atoms with Crippen molar-refractivity contribution in [2.45, 2.75) is 50.5 Å². The van der Waals surface area contributed by atoms with Crippen LogP contribution in [-0.2, 0) is 4.79 Å². The van der Waals surface area contributed by atoms with Crippen LogP contribution in [-0.4, -0.2) is 25.1 Å². The second kappa shape index (κ2) is 8.39. The van der Waals surface area contributed by atoms with Crippen molar-refractivity contribution in [2.24, 2.45) is 5.73 Å². The molecule has 1 unspecified atom stereocenters. The van der Waals surface area contributed by atoms with Gasteiger partial charge in [-0.25, -0.2) is 0 Å². The molecule has 1 fully saturated rings. The number of hydrogen-bond acceptors (Lipinski definition) is 3. The van der Waals surface area contributed by atoms with Crippen LogP contribution in [0.3, 0.4) is 0 Å². The third-order valence-corrected chi connectivity index (χ3v) is 4.51. The van der Waals surface area contributed by atoms with E-state index in [1.807, 2.05) is 24.3 Å². The van der Waals surface area contributed by atoms with Crippen LogP contribution < -0.4 is 15.8 Å². The standard InChI is InChI=1S/C17H26N2O2.ClH/c1-13(14-6-5-7-15(11-14)21-2)10-16(20)19-17(12-18)8-3-4-9-17;/h5-7,11,13H,3-4,8-10,12,18H2,1-2H3,(H,19,20);1H. The van der Waals surface area contributed by atoms with Gasteiger partial charge in [0, 0.05) is 13.0 Å². The zero-order valence-corrected chi connectivity index (χ0v) is 14.2. The predicted octanol–water partition coefficient (Wildman–Crippen LogP) is 3.00. The van der Waals surface area contributed by atoms with Crippen LogP contribution in [0.25, 0.3) is 0 Å². The summed E-state index contributed by atoms with van der Waals surface area (Å²) in [6.07, 6.45) is 4.80. The summed E-state index contributed by atoms with van der Waals surface area (Å²) in [5, 5.41) is 3.18. The van der Waals surface area contributed by atoms with E-state index < -0.39 is 0 Å². The fraction of sp³-hybridized carbons (Fsp3) is 0.588. The molecule has 0 spiro atoms. The van der Waals surface area contributed by atoms with Crippen LogP contribution in [0.2, 0.25) is 0 Å². The molecule has 1 aliphatic rings. The third-order valence-electron chi connectivity index (χ3n) is 4.51. The number of nitrogens with two attached hydrogens (primary N) is 1. The molecule has 1 aromatic rings. The van der Waals surface area contributed by atoms with Gasteiger partial charge in [0.05, 0.1) is 12.6 Å². The van der Waals surface area contributed by atoms with Crippen LogP contribution >= 0.6 is 12.4 Å². The van der Waals surface area contributed by atoms with Crippen LogP contribution in [0.15, 0.2) is 24.3 Å². The molecule has 0 heterocycles. The van der Waals surface area contributed by atoms with Crippen molar-refractivity contribution >= 4 is 18.3 Å². The Morgan fingerprint density at radius 3 is 2.68 bits per heavy atom. The topological polar surface area (TPSA) is 64.3 Å². The van der Waals surface area contributed by atoms with Gasteiger partial charge in [0.1, 0.15) is 5.75 Å². The highest BCUT2D eigenvalue weighted by Gasteiger charge is 2.33. The van der Waals surface area contributed by atoms with Crippen molar-refractivity contribution < 1.29 is 9.53 Å². The maximum Gasteiger partial charge on any atom is 0.221 e. The molecule has 0 bridgehead atoms. The summed E-state index contributed by atoms with van der Waals surface area (Å²) in [5.74, 6) is 1.09. The lowest BCUT2D eigenvalue weighted by molar-refractivity contribution is -0.123. The number of rotatable bonds is 6. The molecular formula is C17H27ClN2O2. The average Bonchev–Trinajstić information content (AvgIpc) is 2.96. The zero-order chi connectivity index (χ0) is 15.3. The van der Waals surface area contributed by atoms with Gasteiger partial charge in [0.15, 0.2) is 0 Å². The van der Waals surface area contributed by atoms with Crippen molar-refractivity contribution in [3.05, 3.63) is 29.8 Å². The second-order valence-electron chi connectivity index (χ2n) is 6.12. The summed E-state index contributed by atoms with van der Waals surface area (Å²) < 4.78 is 5.23. The smallest absolute Gasteiger partial charge is 0.221 e. The van der Waals surface area contributed by atoms with Crippen LogP contribution in [0.4, 0.5) is 0 Å². The summed E-state index contributed by atoms with van der Waals surface area (Å²) in [7, 11) is 1.65. The first kappa shape index (κ1) is 18.8. The maximum absolute atomic E-state index is 12.3. The SMILES string of the molecule is COc1cccc(C(C)CC(=O)NC2(CN)CCCC2)c1.Cl. The van der Waals surface area contributed by atoms with Gasteiger partial charge in [-0.1, -0.05) is 31.9 Å². The highest BCUT2D eigenvalue weighted by Crippen LogP contribution is 2.29. The zero-order valence-electron chi connectivity index (χ0n) is 13.4. The lowest BCUT2D eigenvalue weighted by Gasteiger charge is -2.29. The van der Waals surface area contributed by atoms with E-state index in [0.29, 0.717) is 13.0 Å². The van der Waals surface area contributed by atoms with Crippen molar-refractivity contribution in [3.63, 3.8) is 0 Å². The van der Waals surface area contributed by atoms with Gasteiger partial charge < -0.3 is 15.8 Å². The highest BCUT2D eigenvalue weighted by molar-refractivity contribution is 5.85. The molecule has 3 N–H and O–H groups in total. The molecule has 0 radical (unpaired) electrons. The first-order valence-corrected chi connectivity index (χ1v) is 7.73.